The van der Waals surface area contributed by atoms with Gasteiger partial charge < -0.3 is 9.84 Å². The van der Waals surface area contributed by atoms with Crippen molar-refractivity contribution in [3.63, 3.8) is 0 Å². The number of nitrogens with one attached hydrogen (secondary N) is 1. The Morgan fingerprint density at radius 2 is 2.24 bits per heavy atom. The van der Waals surface area contributed by atoms with Crippen LogP contribution in [0.1, 0.15) is 38.1 Å². The lowest BCUT2D eigenvalue weighted by Crippen LogP contribution is -2.32. The molecule has 4 heteroatoms. The average molecular weight is 237 g/mol. The molecule has 0 aromatic carbocycles. The maximum atomic E-state index is 5.36. The van der Waals surface area contributed by atoms with Gasteiger partial charge in [-0.1, -0.05) is 19.0 Å². The van der Waals surface area contributed by atoms with E-state index in [1.54, 1.807) is 0 Å². The largest absolute Gasteiger partial charge is 0.360 e. The highest BCUT2D eigenvalue weighted by Gasteiger charge is 2.17. The second kappa shape index (κ2) is 6.17. The molecule has 1 aliphatic heterocycles. The monoisotopic (exact) mass is 237 g/mol. The molecular weight excluding hydrogens is 214 g/mol. The van der Waals surface area contributed by atoms with E-state index in [0.717, 1.165) is 37.0 Å². The fourth-order valence-electron chi connectivity index (χ4n) is 2.21. The molecule has 0 spiro atoms. The molecule has 2 heterocycles. The summed E-state index contributed by atoms with van der Waals surface area (Å²) in [6.07, 6.45) is 2.61. The fourth-order valence-corrected chi connectivity index (χ4v) is 2.21. The summed E-state index contributed by atoms with van der Waals surface area (Å²) >= 11 is 0. The zero-order chi connectivity index (χ0) is 12.1. The Kier molecular flexibility index (Phi) is 4.57. The minimum Gasteiger partial charge on any atom is -0.360 e. The molecule has 1 aliphatic rings. The second-order valence-corrected chi connectivity index (χ2v) is 5.02. The Morgan fingerprint density at radius 3 is 2.94 bits per heavy atom. The predicted molar refractivity (Wildman–Crippen MR) is 67.6 cm³/mol. The molecule has 17 heavy (non-hydrogen) atoms. The van der Waals surface area contributed by atoms with E-state index < -0.39 is 0 Å². The lowest BCUT2D eigenvalue weighted by molar-refractivity contribution is 0.168. The third kappa shape index (κ3) is 3.82. The quantitative estimate of drug-likeness (QED) is 0.850. The van der Waals surface area contributed by atoms with Crippen LogP contribution in [-0.4, -0.2) is 29.7 Å². The highest BCUT2D eigenvalue weighted by atomic mass is 16.5. The van der Waals surface area contributed by atoms with Gasteiger partial charge in [0.15, 0.2) is 5.76 Å². The van der Waals surface area contributed by atoms with Crippen molar-refractivity contribution in [3.8, 4) is 0 Å². The van der Waals surface area contributed by atoms with Crippen LogP contribution in [-0.2, 0) is 13.1 Å². The number of rotatable bonds is 5. The number of nitrogens with zero attached hydrogens (tertiary/aromatic N) is 2. The van der Waals surface area contributed by atoms with Crippen molar-refractivity contribution in [3.05, 3.63) is 17.5 Å². The van der Waals surface area contributed by atoms with Crippen LogP contribution in [0.15, 0.2) is 10.6 Å². The normalized spacial score (nSPS) is 18.7. The van der Waals surface area contributed by atoms with Gasteiger partial charge in [0.25, 0.3) is 0 Å². The van der Waals surface area contributed by atoms with Gasteiger partial charge in [0, 0.05) is 12.6 Å². The SMILES string of the molecule is CCNCc1cc(CN2CCC(C)CC2)on1. The van der Waals surface area contributed by atoms with Crippen LogP contribution < -0.4 is 5.32 Å². The molecule has 1 fully saturated rings. The van der Waals surface area contributed by atoms with Crippen molar-refractivity contribution >= 4 is 0 Å². The van der Waals surface area contributed by atoms with E-state index in [0.29, 0.717) is 0 Å². The molecule has 96 valence electrons. The van der Waals surface area contributed by atoms with Crippen LogP contribution in [0.2, 0.25) is 0 Å². The number of hydrogen-bond acceptors (Lipinski definition) is 4. The van der Waals surface area contributed by atoms with Gasteiger partial charge in [-0.2, -0.15) is 0 Å². The number of likely N-dealkylation sites (tertiary alicyclic amines) is 1. The highest BCUT2D eigenvalue weighted by molar-refractivity contribution is 5.05. The molecule has 4 nitrogen and oxygen atoms in total. The number of piperidine rings is 1. The van der Waals surface area contributed by atoms with Gasteiger partial charge in [-0.05, 0) is 38.4 Å². The Hall–Kier alpha value is -0.870. The topological polar surface area (TPSA) is 41.3 Å². The molecule has 1 aromatic heterocycles. The van der Waals surface area contributed by atoms with Crippen LogP contribution in [0.3, 0.4) is 0 Å². The minimum absolute atomic E-state index is 0.803. The molecule has 0 aliphatic carbocycles. The average Bonchev–Trinajstić information content (AvgIpc) is 2.77. The third-order valence-corrected chi connectivity index (χ3v) is 3.42. The molecule has 0 amide bonds. The van der Waals surface area contributed by atoms with Crippen molar-refractivity contribution in [2.75, 3.05) is 19.6 Å². The van der Waals surface area contributed by atoms with Crippen molar-refractivity contribution in [1.82, 2.24) is 15.4 Å². The third-order valence-electron chi connectivity index (χ3n) is 3.42. The van der Waals surface area contributed by atoms with Crippen LogP contribution in [0.5, 0.6) is 0 Å². The van der Waals surface area contributed by atoms with Crippen molar-refractivity contribution in [2.45, 2.75) is 39.8 Å². The first-order valence-electron chi connectivity index (χ1n) is 6.65. The van der Waals surface area contributed by atoms with E-state index in [2.05, 4.69) is 35.3 Å². The standard InChI is InChI=1S/C13H23N3O/c1-3-14-9-12-8-13(17-15-12)10-16-6-4-11(2)5-7-16/h8,11,14H,3-7,9-10H2,1-2H3. The first-order chi connectivity index (χ1) is 8.28. The van der Waals surface area contributed by atoms with Gasteiger partial charge in [0.1, 0.15) is 0 Å². The lowest BCUT2D eigenvalue weighted by atomic mass is 9.99. The Labute approximate surface area is 103 Å². The van der Waals surface area contributed by atoms with Crippen LogP contribution in [0.25, 0.3) is 0 Å². The molecule has 0 saturated carbocycles. The second-order valence-electron chi connectivity index (χ2n) is 5.02. The van der Waals surface area contributed by atoms with Gasteiger partial charge in [-0.25, -0.2) is 0 Å². The summed E-state index contributed by atoms with van der Waals surface area (Å²) in [7, 11) is 0. The summed E-state index contributed by atoms with van der Waals surface area (Å²) in [4.78, 5) is 2.46. The molecule has 0 bridgehead atoms. The van der Waals surface area contributed by atoms with Gasteiger partial charge in [-0.15, -0.1) is 0 Å². The fraction of sp³-hybridized carbons (Fsp3) is 0.769. The highest BCUT2D eigenvalue weighted by Crippen LogP contribution is 2.18. The maximum absolute atomic E-state index is 5.36. The zero-order valence-corrected chi connectivity index (χ0v) is 10.9. The lowest BCUT2D eigenvalue weighted by Gasteiger charge is -2.29. The Bertz CT molecular complexity index is 329. The molecule has 0 radical (unpaired) electrons. The van der Waals surface area contributed by atoms with Crippen LogP contribution in [0, 0.1) is 5.92 Å². The minimum atomic E-state index is 0.803. The summed E-state index contributed by atoms with van der Waals surface area (Å²) in [5.41, 5.74) is 1.01. The molecular formula is C13H23N3O. The molecule has 0 unspecified atom stereocenters. The molecule has 2 rings (SSSR count). The van der Waals surface area contributed by atoms with Crippen LogP contribution in [0.4, 0.5) is 0 Å². The molecule has 0 atom stereocenters. The Balaban J connectivity index is 1.80. The van der Waals surface area contributed by atoms with E-state index >= 15 is 0 Å². The first-order valence-corrected chi connectivity index (χ1v) is 6.65. The van der Waals surface area contributed by atoms with Gasteiger partial charge in [0.05, 0.1) is 12.2 Å². The van der Waals surface area contributed by atoms with Crippen molar-refractivity contribution < 1.29 is 4.52 Å². The molecule has 1 saturated heterocycles. The summed E-state index contributed by atoms with van der Waals surface area (Å²) in [5.74, 6) is 1.87. The van der Waals surface area contributed by atoms with E-state index in [1.165, 1.54) is 25.9 Å². The van der Waals surface area contributed by atoms with E-state index in [9.17, 15) is 0 Å². The van der Waals surface area contributed by atoms with Gasteiger partial charge in [0.2, 0.25) is 0 Å². The summed E-state index contributed by atoms with van der Waals surface area (Å²) in [6.45, 7) is 9.47. The number of aromatic nitrogens is 1. The number of hydrogen-bond donors (Lipinski definition) is 1. The van der Waals surface area contributed by atoms with Crippen molar-refractivity contribution in [1.29, 1.82) is 0 Å². The maximum Gasteiger partial charge on any atom is 0.151 e. The molecule has 1 aromatic rings. The van der Waals surface area contributed by atoms with E-state index in [-0.39, 0.29) is 0 Å². The van der Waals surface area contributed by atoms with Gasteiger partial charge in [-0.3, -0.25) is 4.90 Å². The Morgan fingerprint density at radius 1 is 1.47 bits per heavy atom. The summed E-state index contributed by atoms with van der Waals surface area (Å²) < 4.78 is 5.36. The summed E-state index contributed by atoms with van der Waals surface area (Å²) in [6, 6.07) is 2.07. The zero-order valence-electron chi connectivity index (χ0n) is 10.9. The smallest absolute Gasteiger partial charge is 0.151 e. The molecule has 1 N–H and O–H groups in total. The predicted octanol–water partition coefficient (Wildman–Crippen LogP) is 2.02. The van der Waals surface area contributed by atoms with E-state index in [1.807, 2.05) is 0 Å². The van der Waals surface area contributed by atoms with Crippen molar-refractivity contribution in [2.24, 2.45) is 5.92 Å². The first kappa shape index (κ1) is 12.6. The summed E-state index contributed by atoms with van der Waals surface area (Å²) in [5, 5.41) is 7.32. The van der Waals surface area contributed by atoms with Gasteiger partial charge >= 0.3 is 0 Å². The van der Waals surface area contributed by atoms with Crippen LogP contribution >= 0.6 is 0 Å². The van der Waals surface area contributed by atoms with E-state index in [4.69, 9.17) is 4.52 Å².